The lowest BCUT2D eigenvalue weighted by Crippen LogP contribution is -2.59. The number of unbranched alkanes of at least 4 members (excludes halogenated alkanes) is 1. The van der Waals surface area contributed by atoms with Gasteiger partial charge in [-0.1, -0.05) is 60.8 Å². The highest BCUT2D eigenvalue weighted by atomic mass is 16.6. The molecule has 8 heteroatoms. The fourth-order valence-corrected chi connectivity index (χ4v) is 3.31. The number of aliphatic hydroxyl groups excluding tert-OH is 1. The third-order valence-electron chi connectivity index (χ3n) is 5.11. The SMILES string of the molecule is CCCCC(O)[C@H](CCC)NC(=O)[C@@H](NC(=O)[C@@H](NC(=O)OC(C)(C)C)C(C)C)C(C)C. The maximum Gasteiger partial charge on any atom is 0.408 e. The molecular formula is C24H47N3O5. The Labute approximate surface area is 194 Å². The van der Waals surface area contributed by atoms with Crippen LogP contribution in [0.1, 0.15) is 94.4 Å². The van der Waals surface area contributed by atoms with Crippen LogP contribution in [0.3, 0.4) is 0 Å². The first-order chi connectivity index (χ1) is 14.7. The maximum absolute atomic E-state index is 13.0. The first-order valence-corrected chi connectivity index (χ1v) is 12.0. The van der Waals surface area contributed by atoms with Gasteiger partial charge in [-0.15, -0.1) is 0 Å². The average molecular weight is 458 g/mol. The summed E-state index contributed by atoms with van der Waals surface area (Å²) in [6.45, 7) is 16.6. The van der Waals surface area contributed by atoms with Crippen LogP contribution in [-0.4, -0.2) is 52.8 Å². The summed E-state index contributed by atoms with van der Waals surface area (Å²) in [7, 11) is 0. The molecule has 3 amide bonds. The van der Waals surface area contributed by atoms with Gasteiger partial charge in [0.15, 0.2) is 0 Å². The molecule has 0 rings (SSSR count). The summed E-state index contributed by atoms with van der Waals surface area (Å²) in [6.07, 6.45) is 2.64. The van der Waals surface area contributed by atoms with Crippen molar-refractivity contribution in [3.8, 4) is 0 Å². The zero-order valence-corrected chi connectivity index (χ0v) is 21.6. The van der Waals surface area contributed by atoms with Gasteiger partial charge in [0.25, 0.3) is 0 Å². The molecule has 0 fully saturated rings. The van der Waals surface area contributed by atoms with Crippen molar-refractivity contribution in [2.24, 2.45) is 11.8 Å². The maximum atomic E-state index is 13.0. The molecule has 0 aromatic rings. The predicted molar refractivity (Wildman–Crippen MR) is 127 cm³/mol. The van der Waals surface area contributed by atoms with Crippen LogP contribution < -0.4 is 16.0 Å². The van der Waals surface area contributed by atoms with Crippen LogP contribution in [-0.2, 0) is 14.3 Å². The lowest BCUT2D eigenvalue weighted by atomic mass is 9.97. The molecule has 0 heterocycles. The van der Waals surface area contributed by atoms with E-state index in [2.05, 4.69) is 22.9 Å². The van der Waals surface area contributed by atoms with Gasteiger partial charge in [0, 0.05) is 0 Å². The molecule has 0 spiro atoms. The third kappa shape index (κ3) is 11.7. The van der Waals surface area contributed by atoms with Gasteiger partial charge in [0.05, 0.1) is 12.1 Å². The van der Waals surface area contributed by atoms with Crippen molar-refractivity contribution in [3.05, 3.63) is 0 Å². The Morgan fingerprint density at radius 2 is 1.31 bits per heavy atom. The first kappa shape index (κ1) is 30.2. The average Bonchev–Trinajstić information content (AvgIpc) is 2.65. The van der Waals surface area contributed by atoms with Crippen LogP contribution in [0, 0.1) is 11.8 Å². The van der Waals surface area contributed by atoms with Crippen LogP contribution >= 0.6 is 0 Å². The fourth-order valence-electron chi connectivity index (χ4n) is 3.31. The van der Waals surface area contributed by atoms with Crippen LogP contribution in [0.25, 0.3) is 0 Å². The largest absolute Gasteiger partial charge is 0.444 e. The summed E-state index contributed by atoms with van der Waals surface area (Å²) in [5.74, 6) is -1.16. The van der Waals surface area contributed by atoms with Gasteiger partial charge < -0.3 is 25.8 Å². The molecule has 4 atom stereocenters. The van der Waals surface area contributed by atoms with Gasteiger partial charge in [-0.05, 0) is 45.4 Å². The van der Waals surface area contributed by atoms with Crippen molar-refractivity contribution < 1.29 is 24.2 Å². The van der Waals surface area contributed by atoms with E-state index in [1.54, 1.807) is 20.8 Å². The zero-order valence-electron chi connectivity index (χ0n) is 21.6. The van der Waals surface area contributed by atoms with Crippen LogP contribution in [0.5, 0.6) is 0 Å². The molecule has 4 N–H and O–H groups in total. The minimum absolute atomic E-state index is 0.177. The minimum Gasteiger partial charge on any atom is -0.444 e. The molecule has 0 saturated carbocycles. The van der Waals surface area contributed by atoms with E-state index in [1.807, 2.05) is 34.6 Å². The molecule has 188 valence electrons. The Kier molecular flexibility index (Phi) is 13.5. The topological polar surface area (TPSA) is 117 Å². The predicted octanol–water partition coefficient (Wildman–Crippen LogP) is 3.51. The number of ether oxygens (including phenoxy) is 1. The van der Waals surface area contributed by atoms with Gasteiger partial charge in [0.2, 0.25) is 11.8 Å². The van der Waals surface area contributed by atoms with Crippen molar-refractivity contribution in [1.82, 2.24) is 16.0 Å². The monoisotopic (exact) mass is 457 g/mol. The molecule has 0 aliphatic heterocycles. The van der Waals surface area contributed by atoms with Crippen LogP contribution in [0.2, 0.25) is 0 Å². The summed E-state index contributed by atoms with van der Waals surface area (Å²) in [5.41, 5.74) is -0.685. The molecule has 0 aromatic carbocycles. The van der Waals surface area contributed by atoms with E-state index in [9.17, 15) is 19.5 Å². The van der Waals surface area contributed by atoms with Crippen molar-refractivity contribution in [1.29, 1.82) is 0 Å². The normalized spacial score (nSPS) is 15.6. The summed E-state index contributed by atoms with van der Waals surface area (Å²) in [5, 5.41) is 18.9. The molecule has 0 bridgehead atoms. The second kappa shape index (κ2) is 14.3. The second-order valence-electron chi connectivity index (χ2n) is 10.2. The van der Waals surface area contributed by atoms with Crippen LogP contribution in [0.15, 0.2) is 0 Å². The second-order valence-corrected chi connectivity index (χ2v) is 10.2. The van der Waals surface area contributed by atoms with E-state index in [0.717, 1.165) is 19.3 Å². The number of nitrogens with one attached hydrogen (secondary N) is 3. The van der Waals surface area contributed by atoms with Crippen LogP contribution in [0.4, 0.5) is 4.79 Å². The number of hydrogen-bond donors (Lipinski definition) is 4. The molecule has 0 radical (unpaired) electrons. The van der Waals surface area contributed by atoms with E-state index in [-0.39, 0.29) is 23.8 Å². The molecule has 32 heavy (non-hydrogen) atoms. The quantitative estimate of drug-likeness (QED) is 0.338. The van der Waals surface area contributed by atoms with E-state index in [4.69, 9.17) is 4.74 Å². The highest BCUT2D eigenvalue weighted by Crippen LogP contribution is 2.13. The molecule has 0 saturated heterocycles. The van der Waals surface area contributed by atoms with E-state index in [0.29, 0.717) is 12.8 Å². The van der Waals surface area contributed by atoms with E-state index >= 15 is 0 Å². The molecule has 0 aromatic heterocycles. The zero-order chi connectivity index (χ0) is 25.1. The van der Waals surface area contributed by atoms with Gasteiger partial charge >= 0.3 is 6.09 Å². The van der Waals surface area contributed by atoms with Crippen molar-refractivity contribution in [3.63, 3.8) is 0 Å². The number of carbonyl (C=O) groups is 3. The molecule has 1 unspecified atom stereocenters. The van der Waals surface area contributed by atoms with Crippen molar-refractivity contribution in [2.45, 2.75) is 124 Å². The Balaban J connectivity index is 5.32. The van der Waals surface area contributed by atoms with E-state index < -0.39 is 35.8 Å². The van der Waals surface area contributed by atoms with Gasteiger partial charge in [-0.3, -0.25) is 9.59 Å². The number of rotatable bonds is 13. The van der Waals surface area contributed by atoms with Gasteiger partial charge in [-0.25, -0.2) is 4.79 Å². The number of alkyl carbamates (subject to hydrolysis) is 1. The highest BCUT2D eigenvalue weighted by Gasteiger charge is 2.33. The van der Waals surface area contributed by atoms with Gasteiger partial charge in [0.1, 0.15) is 17.7 Å². The number of hydrogen-bond acceptors (Lipinski definition) is 5. The lowest BCUT2D eigenvalue weighted by molar-refractivity contribution is -0.132. The smallest absolute Gasteiger partial charge is 0.408 e. The van der Waals surface area contributed by atoms with Gasteiger partial charge in [-0.2, -0.15) is 0 Å². The first-order valence-electron chi connectivity index (χ1n) is 12.0. The lowest BCUT2D eigenvalue weighted by Gasteiger charge is -2.30. The number of amides is 3. The van der Waals surface area contributed by atoms with Crippen molar-refractivity contribution >= 4 is 17.9 Å². The third-order valence-corrected chi connectivity index (χ3v) is 5.11. The standard InChI is InChI=1S/C24H47N3O5/c1-10-12-14-18(28)17(13-11-2)25-21(29)19(15(3)4)26-22(30)20(16(5)6)27-23(31)32-24(7,8)9/h15-20,28H,10-14H2,1-9H3,(H,25,29)(H,26,30)(H,27,31)/t17-,18?,19-,20-/m0/s1. The molecule has 0 aliphatic rings. The number of aliphatic hydroxyl groups is 1. The number of carbonyl (C=O) groups excluding carboxylic acids is 3. The summed E-state index contributed by atoms with van der Waals surface area (Å²) < 4.78 is 5.27. The summed E-state index contributed by atoms with van der Waals surface area (Å²) in [6, 6.07) is -2.00. The Morgan fingerprint density at radius 1 is 0.812 bits per heavy atom. The molecule has 8 nitrogen and oxygen atoms in total. The molecular weight excluding hydrogens is 410 g/mol. The highest BCUT2D eigenvalue weighted by molar-refractivity contribution is 5.91. The Hall–Kier alpha value is -1.83. The summed E-state index contributed by atoms with van der Waals surface area (Å²) in [4.78, 5) is 38.2. The minimum atomic E-state index is -0.847. The molecule has 0 aliphatic carbocycles. The van der Waals surface area contributed by atoms with E-state index in [1.165, 1.54) is 0 Å². The Bertz CT molecular complexity index is 587. The Morgan fingerprint density at radius 3 is 1.75 bits per heavy atom. The van der Waals surface area contributed by atoms with Crippen molar-refractivity contribution in [2.75, 3.05) is 0 Å². The summed E-state index contributed by atoms with van der Waals surface area (Å²) >= 11 is 0. The fraction of sp³-hybridized carbons (Fsp3) is 0.875.